The molecule has 0 atom stereocenters. The number of hydrogen-bond acceptors (Lipinski definition) is 6. The molecule has 3 rings (SSSR count). The average Bonchev–Trinajstić information content (AvgIpc) is 3.19. The molecule has 2 aromatic carbocycles. The van der Waals surface area contributed by atoms with Crippen LogP contribution >= 0.6 is 0 Å². The Hall–Kier alpha value is -3.33. The Morgan fingerprint density at radius 1 is 1.03 bits per heavy atom. The highest BCUT2D eigenvalue weighted by Gasteiger charge is 2.18. The second kappa shape index (κ2) is 10.8. The van der Waals surface area contributed by atoms with E-state index in [1.807, 2.05) is 42.5 Å². The number of methoxy groups -OCH3 is 2. The molecule has 9 heteroatoms. The van der Waals surface area contributed by atoms with Gasteiger partial charge in [0.15, 0.2) is 21.3 Å². The first kappa shape index (κ1) is 23.3. The fraction of sp³-hybridized carbons (Fsp3) is 0.304. The van der Waals surface area contributed by atoms with E-state index in [2.05, 4.69) is 10.4 Å². The summed E-state index contributed by atoms with van der Waals surface area (Å²) >= 11 is 0. The Balaban J connectivity index is 1.59. The van der Waals surface area contributed by atoms with Crippen molar-refractivity contribution in [3.63, 3.8) is 0 Å². The van der Waals surface area contributed by atoms with Gasteiger partial charge in [0.2, 0.25) is 5.91 Å². The number of aromatic nitrogens is 2. The zero-order valence-corrected chi connectivity index (χ0v) is 19.0. The van der Waals surface area contributed by atoms with E-state index in [0.717, 1.165) is 11.1 Å². The van der Waals surface area contributed by atoms with Gasteiger partial charge in [0.25, 0.3) is 0 Å². The van der Waals surface area contributed by atoms with Gasteiger partial charge < -0.3 is 14.8 Å². The van der Waals surface area contributed by atoms with Gasteiger partial charge in [-0.2, -0.15) is 5.10 Å². The zero-order chi connectivity index (χ0) is 23.0. The Labute approximate surface area is 188 Å². The fourth-order valence-electron chi connectivity index (χ4n) is 3.40. The minimum atomic E-state index is -3.52. The monoisotopic (exact) mass is 457 g/mol. The van der Waals surface area contributed by atoms with Crippen molar-refractivity contribution < 1.29 is 22.7 Å². The molecule has 1 amide bonds. The predicted molar refractivity (Wildman–Crippen MR) is 123 cm³/mol. The maximum Gasteiger partial charge on any atom is 0.240 e. The summed E-state index contributed by atoms with van der Waals surface area (Å²) in [6, 6.07) is 16.8. The lowest BCUT2D eigenvalue weighted by atomic mass is 10.1. The van der Waals surface area contributed by atoms with Gasteiger partial charge in [0.1, 0.15) is 11.6 Å². The molecule has 1 N–H and O–H groups in total. The van der Waals surface area contributed by atoms with Crippen LogP contribution in [-0.4, -0.2) is 49.8 Å². The maximum atomic E-state index is 12.4. The minimum absolute atomic E-state index is 0.0460. The lowest BCUT2D eigenvalue weighted by Gasteiger charge is -2.14. The number of ether oxygens (including phenoxy) is 2. The lowest BCUT2D eigenvalue weighted by Crippen LogP contribution is -2.26. The lowest BCUT2D eigenvalue weighted by molar-refractivity contribution is -0.113. The number of aryl methyl sites for hydroxylation is 1. The summed E-state index contributed by atoms with van der Waals surface area (Å²) in [4.78, 5) is 12.4. The van der Waals surface area contributed by atoms with Crippen molar-refractivity contribution in [3.8, 4) is 11.5 Å². The molecule has 170 valence electrons. The largest absolute Gasteiger partial charge is 0.493 e. The van der Waals surface area contributed by atoms with Gasteiger partial charge >= 0.3 is 0 Å². The first-order chi connectivity index (χ1) is 15.4. The normalized spacial score (nSPS) is 11.2. The molecular formula is C23H27N3O5S. The Bertz CT molecular complexity index is 1140. The molecule has 1 heterocycles. The molecule has 0 saturated heterocycles. The number of hydrogen-bond donors (Lipinski definition) is 1. The van der Waals surface area contributed by atoms with E-state index in [-0.39, 0.29) is 5.75 Å². The van der Waals surface area contributed by atoms with Crippen LogP contribution in [0.1, 0.15) is 17.5 Å². The molecule has 3 aromatic rings. The number of amides is 1. The van der Waals surface area contributed by atoms with Gasteiger partial charge in [-0.15, -0.1) is 0 Å². The molecule has 0 spiro atoms. The molecule has 1 aromatic heterocycles. The summed E-state index contributed by atoms with van der Waals surface area (Å²) in [5.74, 6) is 0.349. The summed E-state index contributed by atoms with van der Waals surface area (Å²) < 4.78 is 37.1. The second-order valence-electron chi connectivity index (χ2n) is 7.26. The Morgan fingerprint density at radius 2 is 1.81 bits per heavy atom. The van der Waals surface area contributed by atoms with E-state index in [1.165, 1.54) is 6.20 Å². The summed E-state index contributed by atoms with van der Waals surface area (Å²) in [5.41, 5.74) is 1.88. The number of carbonyl (C=O) groups is 1. The van der Waals surface area contributed by atoms with Crippen LogP contribution in [0.3, 0.4) is 0 Å². The van der Waals surface area contributed by atoms with Crippen LogP contribution in [0.4, 0.5) is 5.82 Å². The smallest absolute Gasteiger partial charge is 0.240 e. The van der Waals surface area contributed by atoms with E-state index < -0.39 is 21.5 Å². The molecule has 32 heavy (non-hydrogen) atoms. The van der Waals surface area contributed by atoms with Crippen LogP contribution in [0.2, 0.25) is 0 Å². The average molecular weight is 458 g/mol. The molecule has 8 nitrogen and oxygen atoms in total. The van der Waals surface area contributed by atoms with Crippen LogP contribution in [0, 0.1) is 0 Å². The highest BCUT2D eigenvalue weighted by molar-refractivity contribution is 7.92. The van der Waals surface area contributed by atoms with E-state index in [0.29, 0.717) is 36.7 Å². The van der Waals surface area contributed by atoms with Crippen LogP contribution in [0.25, 0.3) is 0 Å². The zero-order valence-electron chi connectivity index (χ0n) is 18.2. The van der Waals surface area contributed by atoms with E-state index in [9.17, 15) is 13.2 Å². The third kappa shape index (κ3) is 6.34. The van der Waals surface area contributed by atoms with Crippen molar-refractivity contribution in [1.29, 1.82) is 0 Å². The third-order valence-corrected chi connectivity index (χ3v) is 6.52. The van der Waals surface area contributed by atoms with E-state index in [1.54, 1.807) is 31.0 Å². The number of para-hydroxylation sites is 1. The van der Waals surface area contributed by atoms with Gasteiger partial charge in [0.05, 0.1) is 32.7 Å². The molecule has 0 aliphatic carbocycles. The maximum absolute atomic E-state index is 12.4. The number of sulfone groups is 1. The van der Waals surface area contributed by atoms with Gasteiger partial charge in [-0.05, 0) is 24.5 Å². The topological polar surface area (TPSA) is 99.5 Å². The fourth-order valence-corrected chi connectivity index (χ4v) is 4.60. The van der Waals surface area contributed by atoms with Crippen LogP contribution < -0.4 is 14.8 Å². The second-order valence-corrected chi connectivity index (χ2v) is 9.44. The first-order valence-corrected chi connectivity index (χ1v) is 12.0. The Morgan fingerprint density at radius 3 is 2.53 bits per heavy atom. The quantitative estimate of drug-likeness (QED) is 0.475. The molecule has 0 fully saturated rings. The highest BCUT2D eigenvalue weighted by Crippen LogP contribution is 2.31. The van der Waals surface area contributed by atoms with Crippen molar-refractivity contribution >= 4 is 21.6 Å². The predicted octanol–water partition coefficient (Wildman–Crippen LogP) is 2.93. The summed E-state index contributed by atoms with van der Waals surface area (Å²) in [6.07, 6.45) is 2.65. The summed E-state index contributed by atoms with van der Waals surface area (Å²) in [6.45, 7) is 0.312. The van der Waals surface area contributed by atoms with Gasteiger partial charge in [-0.25, -0.2) is 13.1 Å². The molecule has 0 bridgehead atoms. The van der Waals surface area contributed by atoms with E-state index >= 15 is 0 Å². The molecule has 0 aliphatic rings. The Kier molecular flexibility index (Phi) is 7.88. The van der Waals surface area contributed by atoms with Gasteiger partial charge in [-0.3, -0.25) is 4.79 Å². The van der Waals surface area contributed by atoms with Gasteiger partial charge in [0, 0.05) is 11.6 Å². The molecule has 0 saturated carbocycles. The highest BCUT2D eigenvalue weighted by atomic mass is 32.2. The molecule has 0 unspecified atom stereocenters. The summed E-state index contributed by atoms with van der Waals surface area (Å²) in [5, 5.41) is 6.88. The number of nitrogens with zero attached hydrogens (tertiary/aromatic N) is 2. The summed E-state index contributed by atoms with van der Waals surface area (Å²) in [7, 11) is -0.415. The van der Waals surface area contributed by atoms with Crippen LogP contribution in [-0.2, 0) is 27.6 Å². The molecular weight excluding hydrogens is 430 g/mol. The van der Waals surface area contributed by atoms with Crippen molar-refractivity contribution in [2.24, 2.45) is 0 Å². The number of nitrogens with one attached hydrogen (secondary N) is 1. The first-order valence-electron chi connectivity index (χ1n) is 10.2. The number of carbonyl (C=O) groups excluding carboxylic acids is 1. The van der Waals surface area contributed by atoms with Crippen molar-refractivity contribution in [1.82, 2.24) is 9.78 Å². The molecule has 0 aliphatic heterocycles. The van der Waals surface area contributed by atoms with Crippen molar-refractivity contribution in [2.75, 3.05) is 31.0 Å². The third-order valence-electron chi connectivity index (χ3n) is 4.90. The minimum Gasteiger partial charge on any atom is -0.493 e. The van der Waals surface area contributed by atoms with Crippen molar-refractivity contribution in [3.05, 3.63) is 71.9 Å². The van der Waals surface area contributed by atoms with Crippen LogP contribution in [0.5, 0.6) is 11.5 Å². The SMILES string of the molecule is COc1cccc(Cn2nccc2NC(=O)CS(=O)(=O)CCCc2ccccc2)c1OC. The number of rotatable bonds is 11. The molecule has 0 radical (unpaired) electrons. The number of anilines is 1. The standard InChI is InChI=1S/C23H27N3O5S/c1-30-20-12-6-11-19(23(20)31-2)16-26-21(13-14-24-26)25-22(27)17-32(28,29)15-7-10-18-8-4-3-5-9-18/h3-6,8-9,11-14H,7,10,15-17H2,1-2H3,(H,25,27). The number of benzene rings is 2. The van der Waals surface area contributed by atoms with Crippen molar-refractivity contribution in [2.45, 2.75) is 19.4 Å². The van der Waals surface area contributed by atoms with Crippen LogP contribution in [0.15, 0.2) is 60.8 Å². The van der Waals surface area contributed by atoms with Gasteiger partial charge in [-0.1, -0.05) is 42.5 Å². The van der Waals surface area contributed by atoms with E-state index in [4.69, 9.17) is 9.47 Å².